The first kappa shape index (κ1) is 23.5. The Morgan fingerprint density at radius 1 is 1.17 bits per heavy atom. The third kappa shape index (κ3) is 4.96. The summed E-state index contributed by atoms with van der Waals surface area (Å²) in [5, 5.41) is 6.89. The number of ether oxygens (including phenoxy) is 2. The predicted octanol–water partition coefficient (Wildman–Crippen LogP) is 6.09. The molecular formula is C28H36N4O3. The lowest BCUT2D eigenvalue weighted by atomic mass is 9.92. The average molecular weight is 477 g/mol. The monoisotopic (exact) mass is 476 g/mol. The number of fused-ring (bicyclic) bond motifs is 1. The van der Waals surface area contributed by atoms with Gasteiger partial charge < -0.3 is 30.4 Å². The Morgan fingerprint density at radius 2 is 1.97 bits per heavy atom. The van der Waals surface area contributed by atoms with Crippen molar-refractivity contribution in [3.8, 4) is 17.0 Å². The number of nitrogen functional groups attached to an aromatic ring is 1. The standard InChI is InChI=1S/C28H36N4O3/c1-3-18(2)30-28(33)31-20-11-9-19(10-12-20)27-26(29)24-14-13-22(35-17-23-8-5-15-34-23)16-25(24)32(27)21-6-4-7-21/h9-14,16,18,21,23H,3-8,15,17,29H2,1-2H3,(H2,30,31,33). The summed E-state index contributed by atoms with van der Waals surface area (Å²) < 4.78 is 14.2. The molecule has 2 aromatic carbocycles. The van der Waals surface area contributed by atoms with Gasteiger partial charge in [-0.2, -0.15) is 0 Å². The Balaban J connectivity index is 1.42. The highest BCUT2D eigenvalue weighted by Crippen LogP contribution is 2.45. The zero-order valence-corrected chi connectivity index (χ0v) is 20.7. The molecule has 2 heterocycles. The van der Waals surface area contributed by atoms with Crippen LogP contribution in [-0.4, -0.2) is 36.0 Å². The number of anilines is 2. The molecule has 4 N–H and O–H groups in total. The van der Waals surface area contributed by atoms with Crippen LogP contribution in [0.25, 0.3) is 22.2 Å². The lowest BCUT2D eigenvalue weighted by molar-refractivity contribution is 0.0680. The van der Waals surface area contributed by atoms with Crippen molar-refractivity contribution < 1.29 is 14.3 Å². The van der Waals surface area contributed by atoms with E-state index in [0.29, 0.717) is 12.6 Å². The molecule has 3 aromatic rings. The number of carbonyl (C=O) groups excluding carboxylic acids is 1. The van der Waals surface area contributed by atoms with Crippen LogP contribution in [0.4, 0.5) is 16.2 Å². The smallest absolute Gasteiger partial charge is 0.319 e. The zero-order chi connectivity index (χ0) is 24.4. The molecule has 7 nitrogen and oxygen atoms in total. The number of rotatable bonds is 8. The summed E-state index contributed by atoms with van der Waals surface area (Å²) in [7, 11) is 0. The summed E-state index contributed by atoms with van der Waals surface area (Å²) in [4.78, 5) is 12.2. The number of benzene rings is 2. The maximum atomic E-state index is 12.2. The second-order valence-corrected chi connectivity index (χ2v) is 9.83. The van der Waals surface area contributed by atoms with E-state index in [1.54, 1.807) is 0 Å². The molecule has 2 aliphatic rings. The van der Waals surface area contributed by atoms with Crippen molar-refractivity contribution in [2.24, 2.45) is 0 Å². The number of carbonyl (C=O) groups is 1. The maximum absolute atomic E-state index is 12.2. The molecule has 186 valence electrons. The van der Waals surface area contributed by atoms with Gasteiger partial charge in [0.2, 0.25) is 0 Å². The van der Waals surface area contributed by atoms with E-state index in [2.05, 4.69) is 27.3 Å². The van der Waals surface area contributed by atoms with Gasteiger partial charge in [-0.3, -0.25) is 0 Å². The number of amides is 2. The fourth-order valence-corrected chi connectivity index (χ4v) is 4.89. The summed E-state index contributed by atoms with van der Waals surface area (Å²) in [5.74, 6) is 0.851. The number of hydrogen-bond donors (Lipinski definition) is 3. The van der Waals surface area contributed by atoms with Crippen LogP contribution in [0.2, 0.25) is 0 Å². The summed E-state index contributed by atoms with van der Waals surface area (Å²) in [6.45, 7) is 5.44. The Labute approximate surface area is 207 Å². The zero-order valence-electron chi connectivity index (χ0n) is 20.7. The largest absolute Gasteiger partial charge is 0.491 e. The van der Waals surface area contributed by atoms with E-state index in [4.69, 9.17) is 15.2 Å². The van der Waals surface area contributed by atoms with Gasteiger partial charge >= 0.3 is 6.03 Å². The van der Waals surface area contributed by atoms with Gasteiger partial charge in [0, 0.05) is 41.4 Å². The molecule has 2 unspecified atom stereocenters. The number of urea groups is 1. The molecule has 1 saturated heterocycles. The molecular weight excluding hydrogens is 440 g/mol. The van der Waals surface area contributed by atoms with Crippen molar-refractivity contribution in [3.63, 3.8) is 0 Å². The van der Waals surface area contributed by atoms with Crippen LogP contribution >= 0.6 is 0 Å². The molecule has 1 saturated carbocycles. The molecule has 1 aliphatic heterocycles. The van der Waals surface area contributed by atoms with Crippen LogP contribution in [0.3, 0.4) is 0 Å². The SMILES string of the molecule is CCC(C)NC(=O)Nc1ccc(-c2c(N)c3ccc(OCC4CCCO4)cc3n2C2CCC2)cc1. The first-order valence-electron chi connectivity index (χ1n) is 12.9. The number of hydrogen-bond acceptors (Lipinski definition) is 4. The summed E-state index contributed by atoms with van der Waals surface area (Å²) >= 11 is 0. The third-order valence-corrected chi connectivity index (χ3v) is 7.32. The minimum Gasteiger partial charge on any atom is -0.491 e. The van der Waals surface area contributed by atoms with Crippen LogP contribution in [0.1, 0.15) is 58.4 Å². The topological polar surface area (TPSA) is 90.5 Å². The highest BCUT2D eigenvalue weighted by atomic mass is 16.5. The molecule has 1 aliphatic carbocycles. The van der Waals surface area contributed by atoms with Crippen molar-refractivity contribution in [1.82, 2.24) is 9.88 Å². The Bertz CT molecular complexity index is 1180. The van der Waals surface area contributed by atoms with Crippen molar-refractivity contribution in [2.45, 2.75) is 70.6 Å². The van der Waals surface area contributed by atoms with Crippen LogP contribution < -0.4 is 21.1 Å². The van der Waals surface area contributed by atoms with Crippen molar-refractivity contribution in [3.05, 3.63) is 42.5 Å². The average Bonchev–Trinajstić information content (AvgIpc) is 3.44. The van der Waals surface area contributed by atoms with Gasteiger partial charge in [0.15, 0.2) is 0 Å². The fraction of sp³-hybridized carbons (Fsp3) is 0.464. The van der Waals surface area contributed by atoms with Crippen LogP contribution in [0.5, 0.6) is 5.75 Å². The first-order valence-corrected chi connectivity index (χ1v) is 12.9. The Hall–Kier alpha value is -3.19. The molecule has 0 radical (unpaired) electrons. The van der Waals surface area contributed by atoms with Gasteiger partial charge in [0.1, 0.15) is 12.4 Å². The molecule has 35 heavy (non-hydrogen) atoms. The molecule has 7 heteroatoms. The quantitative estimate of drug-likeness (QED) is 0.367. The van der Waals surface area contributed by atoms with Gasteiger partial charge in [0.05, 0.1) is 23.0 Å². The highest BCUT2D eigenvalue weighted by molar-refractivity contribution is 6.02. The van der Waals surface area contributed by atoms with Gasteiger partial charge in [-0.15, -0.1) is 0 Å². The van der Waals surface area contributed by atoms with Crippen LogP contribution in [-0.2, 0) is 4.74 Å². The minimum atomic E-state index is -0.189. The molecule has 1 aromatic heterocycles. The lowest BCUT2D eigenvalue weighted by Gasteiger charge is -2.30. The predicted molar refractivity (Wildman–Crippen MR) is 141 cm³/mol. The first-order chi connectivity index (χ1) is 17.0. The summed E-state index contributed by atoms with van der Waals surface area (Å²) in [5.41, 5.74) is 11.5. The number of nitrogens with zero attached hydrogens (tertiary/aromatic N) is 1. The Kier molecular flexibility index (Phi) is 6.86. The second kappa shape index (κ2) is 10.2. The number of aromatic nitrogens is 1. The van der Waals surface area contributed by atoms with Gasteiger partial charge in [-0.05, 0) is 69.7 Å². The fourth-order valence-electron chi connectivity index (χ4n) is 4.89. The van der Waals surface area contributed by atoms with E-state index >= 15 is 0 Å². The maximum Gasteiger partial charge on any atom is 0.319 e. The molecule has 5 rings (SSSR count). The van der Waals surface area contributed by atoms with Gasteiger partial charge in [0.25, 0.3) is 0 Å². The van der Waals surface area contributed by atoms with Crippen LogP contribution in [0.15, 0.2) is 42.5 Å². The van der Waals surface area contributed by atoms with E-state index in [1.165, 1.54) is 6.42 Å². The molecule has 2 atom stereocenters. The normalized spacial score (nSPS) is 18.9. The van der Waals surface area contributed by atoms with Crippen LogP contribution in [0, 0.1) is 0 Å². The molecule has 0 bridgehead atoms. The minimum absolute atomic E-state index is 0.131. The number of nitrogens with two attached hydrogens (primary N) is 1. The lowest BCUT2D eigenvalue weighted by Crippen LogP contribution is -2.35. The molecule has 2 amide bonds. The van der Waals surface area contributed by atoms with E-state index in [9.17, 15) is 4.79 Å². The van der Waals surface area contributed by atoms with E-state index in [0.717, 1.165) is 78.0 Å². The second-order valence-electron chi connectivity index (χ2n) is 9.83. The molecule has 2 fully saturated rings. The van der Waals surface area contributed by atoms with E-state index in [-0.39, 0.29) is 18.2 Å². The van der Waals surface area contributed by atoms with Crippen molar-refractivity contribution >= 4 is 28.3 Å². The number of nitrogens with one attached hydrogen (secondary N) is 2. The molecule has 0 spiro atoms. The van der Waals surface area contributed by atoms with E-state index < -0.39 is 0 Å². The van der Waals surface area contributed by atoms with Gasteiger partial charge in [-0.25, -0.2) is 4.79 Å². The Morgan fingerprint density at radius 3 is 2.63 bits per heavy atom. The highest BCUT2D eigenvalue weighted by Gasteiger charge is 2.27. The third-order valence-electron chi connectivity index (χ3n) is 7.32. The summed E-state index contributed by atoms with van der Waals surface area (Å²) in [6.07, 6.45) is 6.75. The van der Waals surface area contributed by atoms with Crippen molar-refractivity contribution in [1.29, 1.82) is 0 Å². The van der Waals surface area contributed by atoms with Crippen molar-refractivity contribution in [2.75, 3.05) is 24.3 Å². The summed E-state index contributed by atoms with van der Waals surface area (Å²) in [6, 6.07) is 14.5. The van der Waals surface area contributed by atoms with E-state index in [1.807, 2.05) is 44.2 Å². The van der Waals surface area contributed by atoms with Gasteiger partial charge in [-0.1, -0.05) is 19.1 Å².